The fourth-order valence-electron chi connectivity index (χ4n) is 3.36. The van der Waals surface area contributed by atoms with Crippen LogP contribution < -0.4 is 15.0 Å². The number of anilines is 2. The number of ether oxygens (including phenoxy) is 1. The first kappa shape index (κ1) is 18.0. The van der Waals surface area contributed by atoms with E-state index in [9.17, 15) is 9.18 Å². The minimum atomic E-state index is -0.322. The highest BCUT2D eigenvalue weighted by Crippen LogP contribution is 2.27. The van der Waals surface area contributed by atoms with Crippen molar-refractivity contribution in [3.8, 4) is 5.75 Å². The van der Waals surface area contributed by atoms with Gasteiger partial charge in [0, 0.05) is 24.0 Å². The van der Waals surface area contributed by atoms with E-state index in [1.165, 1.54) is 12.1 Å². The molecule has 1 atom stereocenters. The molecule has 0 fully saturated rings. The molecule has 1 aromatic heterocycles. The molecule has 0 radical (unpaired) electrons. The van der Waals surface area contributed by atoms with Crippen molar-refractivity contribution in [1.29, 1.82) is 0 Å². The van der Waals surface area contributed by atoms with Crippen LogP contribution >= 0.6 is 0 Å². The van der Waals surface area contributed by atoms with Gasteiger partial charge in [0.15, 0.2) is 0 Å². The van der Waals surface area contributed by atoms with Crippen LogP contribution in [0, 0.1) is 5.82 Å². The van der Waals surface area contributed by atoms with Crippen LogP contribution in [0.25, 0.3) is 0 Å². The van der Waals surface area contributed by atoms with Gasteiger partial charge in [-0.3, -0.25) is 9.48 Å². The second-order valence-corrected chi connectivity index (χ2v) is 6.79. The van der Waals surface area contributed by atoms with Crippen molar-refractivity contribution in [2.75, 3.05) is 23.9 Å². The van der Waals surface area contributed by atoms with Gasteiger partial charge in [0.05, 0.1) is 25.4 Å². The maximum absolute atomic E-state index is 13.2. The van der Waals surface area contributed by atoms with Crippen molar-refractivity contribution in [2.45, 2.75) is 19.5 Å². The number of halogens is 1. The molecule has 144 valence electrons. The number of hydrogen-bond acceptors (Lipinski definition) is 4. The minimum absolute atomic E-state index is 0.0170. The molecule has 28 heavy (non-hydrogen) atoms. The summed E-state index contributed by atoms with van der Waals surface area (Å²) in [5, 5.41) is 7.90. The van der Waals surface area contributed by atoms with E-state index in [0.717, 1.165) is 17.1 Å². The van der Waals surface area contributed by atoms with Crippen LogP contribution in [0.5, 0.6) is 5.75 Å². The molecular formula is C21H21FN4O2. The number of hydrogen-bond donors (Lipinski definition) is 1. The number of rotatable bonds is 5. The fraction of sp³-hybridized carbons (Fsp3) is 0.238. The Morgan fingerprint density at radius 1 is 1.21 bits per heavy atom. The Hall–Kier alpha value is -3.35. The Balaban J connectivity index is 1.54. The zero-order valence-corrected chi connectivity index (χ0v) is 15.7. The molecule has 7 heteroatoms. The standard InChI is InChI=1S/C21H21FN4O2/c1-14-13-25(18-8-6-15(22)7-9-18)21(27)20-11-17(24-26(14)20)12-23-16-4-3-5-19(10-16)28-2/h3-11,14,23H,12-13H2,1-2H3/t14-/m1/s1. The van der Waals surface area contributed by atoms with E-state index >= 15 is 0 Å². The quantitative estimate of drug-likeness (QED) is 0.730. The average Bonchev–Trinajstić information content (AvgIpc) is 3.15. The number of carbonyl (C=O) groups is 1. The summed E-state index contributed by atoms with van der Waals surface area (Å²) in [4.78, 5) is 14.6. The van der Waals surface area contributed by atoms with Crippen molar-refractivity contribution in [1.82, 2.24) is 9.78 Å². The Bertz CT molecular complexity index is 1000. The van der Waals surface area contributed by atoms with Crippen LogP contribution in [0.2, 0.25) is 0 Å². The number of aromatic nitrogens is 2. The van der Waals surface area contributed by atoms with Gasteiger partial charge in [-0.15, -0.1) is 0 Å². The Morgan fingerprint density at radius 2 is 2.00 bits per heavy atom. The molecule has 1 N–H and O–H groups in total. The third-order valence-corrected chi connectivity index (χ3v) is 4.80. The van der Waals surface area contributed by atoms with Gasteiger partial charge >= 0.3 is 0 Å². The first-order chi connectivity index (χ1) is 13.5. The van der Waals surface area contributed by atoms with Gasteiger partial charge in [-0.05, 0) is 49.4 Å². The lowest BCUT2D eigenvalue weighted by Gasteiger charge is -2.31. The van der Waals surface area contributed by atoms with Crippen LogP contribution in [-0.2, 0) is 6.54 Å². The molecule has 0 saturated heterocycles. The highest BCUT2D eigenvalue weighted by molar-refractivity contribution is 6.05. The second-order valence-electron chi connectivity index (χ2n) is 6.79. The second kappa shape index (κ2) is 7.34. The third-order valence-electron chi connectivity index (χ3n) is 4.80. The Kier molecular flexibility index (Phi) is 4.73. The number of methoxy groups -OCH3 is 1. The largest absolute Gasteiger partial charge is 0.497 e. The van der Waals surface area contributed by atoms with Gasteiger partial charge in [0.1, 0.15) is 17.3 Å². The number of nitrogens with zero attached hydrogens (tertiary/aromatic N) is 3. The van der Waals surface area contributed by atoms with Crippen LogP contribution in [0.1, 0.15) is 29.1 Å². The van der Waals surface area contributed by atoms with Crippen molar-refractivity contribution < 1.29 is 13.9 Å². The molecule has 2 heterocycles. The molecule has 0 spiro atoms. The lowest BCUT2D eigenvalue weighted by Crippen LogP contribution is -2.42. The molecule has 0 aliphatic carbocycles. The van der Waals surface area contributed by atoms with Gasteiger partial charge in [0.2, 0.25) is 0 Å². The summed E-state index contributed by atoms with van der Waals surface area (Å²) >= 11 is 0. The van der Waals surface area contributed by atoms with Gasteiger partial charge in [-0.1, -0.05) is 6.07 Å². The monoisotopic (exact) mass is 380 g/mol. The van der Waals surface area contributed by atoms with E-state index < -0.39 is 0 Å². The van der Waals surface area contributed by atoms with Gasteiger partial charge < -0.3 is 15.0 Å². The first-order valence-corrected chi connectivity index (χ1v) is 9.09. The highest BCUT2D eigenvalue weighted by Gasteiger charge is 2.31. The zero-order valence-electron chi connectivity index (χ0n) is 15.7. The SMILES string of the molecule is COc1cccc(NCc2cc3n(n2)[C@H](C)CN(c2ccc(F)cc2)C3=O)c1. The van der Waals surface area contributed by atoms with Crippen LogP contribution in [-0.4, -0.2) is 29.3 Å². The summed E-state index contributed by atoms with van der Waals surface area (Å²) in [6.07, 6.45) is 0. The molecule has 0 unspecified atom stereocenters. The van der Waals surface area contributed by atoms with E-state index in [0.29, 0.717) is 24.5 Å². The van der Waals surface area contributed by atoms with Crippen molar-refractivity contribution in [3.63, 3.8) is 0 Å². The predicted octanol–water partition coefficient (Wildman–Crippen LogP) is 3.86. The molecule has 3 aromatic rings. The molecule has 1 amide bonds. The normalized spacial score (nSPS) is 16.0. The van der Waals surface area contributed by atoms with Crippen molar-refractivity contribution in [2.24, 2.45) is 0 Å². The lowest BCUT2D eigenvalue weighted by atomic mass is 10.1. The Morgan fingerprint density at radius 3 is 2.75 bits per heavy atom. The fourth-order valence-corrected chi connectivity index (χ4v) is 3.36. The molecule has 6 nitrogen and oxygen atoms in total. The minimum Gasteiger partial charge on any atom is -0.497 e. The van der Waals surface area contributed by atoms with E-state index in [2.05, 4.69) is 10.4 Å². The summed E-state index contributed by atoms with van der Waals surface area (Å²) in [5.41, 5.74) is 2.91. The number of fused-ring (bicyclic) bond motifs is 1. The van der Waals surface area contributed by atoms with E-state index in [4.69, 9.17) is 4.74 Å². The molecule has 4 rings (SSSR count). The van der Waals surface area contributed by atoms with Crippen molar-refractivity contribution in [3.05, 3.63) is 71.8 Å². The summed E-state index contributed by atoms with van der Waals surface area (Å²) in [7, 11) is 1.63. The zero-order chi connectivity index (χ0) is 19.7. The summed E-state index contributed by atoms with van der Waals surface area (Å²) in [6.45, 7) is 2.99. The van der Waals surface area contributed by atoms with Gasteiger partial charge in [-0.2, -0.15) is 5.10 Å². The number of nitrogens with one attached hydrogen (secondary N) is 1. The first-order valence-electron chi connectivity index (χ1n) is 9.09. The van der Waals surface area contributed by atoms with E-state index in [-0.39, 0.29) is 17.8 Å². The topological polar surface area (TPSA) is 59.4 Å². The molecule has 0 bridgehead atoms. The summed E-state index contributed by atoms with van der Waals surface area (Å²) in [5.74, 6) is 0.315. The molecule has 1 aliphatic rings. The molecule has 1 aliphatic heterocycles. The maximum atomic E-state index is 13.2. The average molecular weight is 380 g/mol. The highest BCUT2D eigenvalue weighted by atomic mass is 19.1. The predicted molar refractivity (Wildman–Crippen MR) is 105 cm³/mol. The summed E-state index contributed by atoms with van der Waals surface area (Å²) < 4.78 is 20.2. The maximum Gasteiger partial charge on any atom is 0.276 e. The third kappa shape index (κ3) is 3.43. The number of amides is 1. The van der Waals surface area contributed by atoms with Gasteiger partial charge in [0.25, 0.3) is 5.91 Å². The number of carbonyl (C=O) groups excluding carboxylic acids is 1. The Labute approximate surface area is 162 Å². The number of benzene rings is 2. The van der Waals surface area contributed by atoms with Crippen LogP contribution in [0.3, 0.4) is 0 Å². The molecule has 2 aromatic carbocycles. The van der Waals surface area contributed by atoms with E-state index in [1.54, 1.807) is 28.8 Å². The van der Waals surface area contributed by atoms with Crippen LogP contribution in [0.4, 0.5) is 15.8 Å². The smallest absolute Gasteiger partial charge is 0.276 e. The van der Waals surface area contributed by atoms with E-state index in [1.807, 2.05) is 37.3 Å². The van der Waals surface area contributed by atoms with Crippen LogP contribution in [0.15, 0.2) is 54.6 Å². The molecule has 0 saturated carbocycles. The van der Waals surface area contributed by atoms with Gasteiger partial charge in [-0.25, -0.2) is 4.39 Å². The summed E-state index contributed by atoms with van der Waals surface area (Å²) in [6, 6.07) is 15.4. The lowest BCUT2D eigenvalue weighted by molar-refractivity contribution is 0.0953. The van der Waals surface area contributed by atoms with Crippen molar-refractivity contribution >= 4 is 17.3 Å². The molecular weight excluding hydrogens is 359 g/mol.